The summed E-state index contributed by atoms with van der Waals surface area (Å²) in [6, 6.07) is 23.8. The molecule has 0 saturated heterocycles. The highest BCUT2D eigenvalue weighted by molar-refractivity contribution is 6.04. The van der Waals surface area contributed by atoms with E-state index in [1.807, 2.05) is 54.6 Å². The summed E-state index contributed by atoms with van der Waals surface area (Å²) in [5.74, 6) is -0.284. The topological polar surface area (TPSA) is 38.3 Å². The van der Waals surface area contributed by atoms with Crippen LogP contribution in [0.4, 0.5) is 18.9 Å². The fraction of sp³-hybridized carbons (Fsp3) is 0.174. The predicted molar refractivity (Wildman–Crippen MR) is 106 cm³/mol. The van der Waals surface area contributed by atoms with Gasteiger partial charge in [-0.2, -0.15) is 13.2 Å². The summed E-state index contributed by atoms with van der Waals surface area (Å²) in [5.41, 5.74) is 3.83. The number of alkyl halides is 3. The van der Waals surface area contributed by atoms with Gasteiger partial charge in [-0.1, -0.05) is 60.7 Å². The molecule has 3 nitrogen and oxygen atoms in total. The molecule has 0 aliphatic heterocycles. The van der Waals surface area contributed by atoms with Gasteiger partial charge in [0.2, 0.25) is 0 Å². The number of anilines is 1. The largest absolute Gasteiger partial charge is 0.411 e. The summed E-state index contributed by atoms with van der Waals surface area (Å²) in [6.07, 6.45) is -3.67. The fourth-order valence-corrected chi connectivity index (χ4v) is 2.84. The maximum Gasteiger partial charge on any atom is 0.411 e. The van der Waals surface area contributed by atoms with Crippen LogP contribution in [0.1, 0.15) is 27.0 Å². The SMILES string of the molecule is O=C(Nc1ccccc1Cc1ccccc1)c1ccc(COCC(F)(F)F)cc1. The van der Waals surface area contributed by atoms with Gasteiger partial charge in [-0.25, -0.2) is 0 Å². The van der Waals surface area contributed by atoms with Crippen LogP contribution >= 0.6 is 0 Å². The van der Waals surface area contributed by atoms with Crippen LogP contribution in [0.2, 0.25) is 0 Å². The van der Waals surface area contributed by atoms with E-state index in [1.54, 1.807) is 24.3 Å². The summed E-state index contributed by atoms with van der Waals surface area (Å²) >= 11 is 0. The van der Waals surface area contributed by atoms with Crippen molar-refractivity contribution in [3.05, 3.63) is 101 Å². The molecule has 29 heavy (non-hydrogen) atoms. The van der Waals surface area contributed by atoms with Crippen LogP contribution in [0, 0.1) is 0 Å². The second-order valence-corrected chi connectivity index (χ2v) is 6.58. The Bertz CT molecular complexity index is 938. The molecule has 0 saturated carbocycles. The minimum atomic E-state index is -4.35. The summed E-state index contributed by atoms with van der Waals surface area (Å²) in [5, 5.41) is 2.91. The first-order valence-corrected chi connectivity index (χ1v) is 9.07. The number of amides is 1. The number of para-hydroxylation sites is 1. The van der Waals surface area contributed by atoms with Gasteiger partial charge in [0, 0.05) is 11.3 Å². The number of carbonyl (C=O) groups excluding carboxylic acids is 1. The van der Waals surface area contributed by atoms with Gasteiger partial charge in [-0.3, -0.25) is 4.79 Å². The Hall–Kier alpha value is -3.12. The molecule has 0 fully saturated rings. The van der Waals surface area contributed by atoms with E-state index in [0.29, 0.717) is 17.5 Å². The molecular formula is C23H20F3NO2. The zero-order valence-corrected chi connectivity index (χ0v) is 15.6. The highest BCUT2D eigenvalue weighted by atomic mass is 19.4. The van der Waals surface area contributed by atoms with Crippen molar-refractivity contribution in [1.29, 1.82) is 0 Å². The predicted octanol–water partition coefficient (Wildman–Crippen LogP) is 5.61. The van der Waals surface area contributed by atoms with Crippen molar-refractivity contribution in [2.75, 3.05) is 11.9 Å². The summed E-state index contributed by atoms with van der Waals surface area (Å²) < 4.78 is 41.0. The van der Waals surface area contributed by atoms with E-state index in [0.717, 1.165) is 16.8 Å². The molecule has 1 N–H and O–H groups in total. The van der Waals surface area contributed by atoms with E-state index < -0.39 is 12.8 Å². The van der Waals surface area contributed by atoms with Crippen LogP contribution in [0.5, 0.6) is 0 Å². The Morgan fingerprint density at radius 3 is 2.17 bits per heavy atom. The highest BCUT2D eigenvalue weighted by Crippen LogP contribution is 2.20. The number of ether oxygens (including phenoxy) is 1. The van der Waals surface area contributed by atoms with Crippen LogP contribution in [0.25, 0.3) is 0 Å². The molecule has 0 aliphatic carbocycles. The summed E-state index contributed by atoms with van der Waals surface area (Å²) in [6.45, 7) is -1.46. The van der Waals surface area contributed by atoms with Crippen LogP contribution in [0.3, 0.4) is 0 Å². The van der Waals surface area contributed by atoms with Crippen molar-refractivity contribution < 1.29 is 22.7 Å². The third kappa shape index (κ3) is 6.47. The maximum absolute atomic E-state index is 12.6. The summed E-state index contributed by atoms with van der Waals surface area (Å²) in [4.78, 5) is 12.6. The average Bonchev–Trinajstić information content (AvgIpc) is 2.70. The quantitative estimate of drug-likeness (QED) is 0.561. The number of rotatable bonds is 7. The molecular weight excluding hydrogens is 379 g/mol. The Balaban J connectivity index is 1.63. The number of nitrogens with one attached hydrogen (secondary N) is 1. The smallest absolute Gasteiger partial charge is 0.367 e. The fourth-order valence-electron chi connectivity index (χ4n) is 2.84. The van der Waals surface area contributed by atoms with Gasteiger partial charge in [0.15, 0.2) is 0 Å². The van der Waals surface area contributed by atoms with Gasteiger partial charge >= 0.3 is 6.18 Å². The number of carbonyl (C=O) groups is 1. The highest BCUT2D eigenvalue weighted by Gasteiger charge is 2.27. The van der Waals surface area contributed by atoms with E-state index in [2.05, 4.69) is 10.1 Å². The Kier molecular flexibility index (Phi) is 6.67. The maximum atomic E-state index is 12.6. The average molecular weight is 399 g/mol. The molecule has 0 atom stereocenters. The second kappa shape index (κ2) is 9.39. The zero-order valence-electron chi connectivity index (χ0n) is 15.6. The molecule has 3 aromatic rings. The monoisotopic (exact) mass is 399 g/mol. The minimum absolute atomic E-state index is 0.165. The molecule has 3 rings (SSSR count). The molecule has 0 radical (unpaired) electrons. The lowest BCUT2D eigenvalue weighted by atomic mass is 10.0. The van der Waals surface area contributed by atoms with Crippen LogP contribution in [-0.2, 0) is 17.8 Å². The van der Waals surface area contributed by atoms with Crippen molar-refractivity contribution in [3.8, 4) is 0 Å². The Morgan fingerprint density at radius 2 is 1.48 bits per heavy atom. The number of benzene rings is 3. The second-order valence-electron chi connectivity index (χ2n) is 6.58. The lowest BCUT2D eigenvalue weighted by Crippen LogP contribution is -2.16. The van der Waals surface area contributed by atoms with Gasteiger partial charge in [0.25, 0.3) is 5.91 Å². The van der Waals surface area contributed by atoms with Gasteiger partial charge < -0.3 is 10.1 Å². The normalized spacial score (nSPS) is 11.3. The van der Waals surface area contributed by atoms with E-state index in [-0.39, 0.29) is 12.5 Å². The van der Waals surface area contributed by atoms with Crippen LogP contribution in [0.15, 0.2) is 78.9 Å². The van der Waals surface area contributed by atoms with Crippen molar-refractivity contribution in [2.45, 2.75) is 19.2 Å². The van der Waals surface area contributed by atoms with Crippen LogP contribution in [-0.4, -0.2) is 18.7 Å². The van der Waals surface area contributed by atoms with Crippen molar-refractivity contribution in [3.63, 3.8) is 0 Å². The molecule has 0 aromatic heterocycles. The summed E-state index contributed by atoms with van der Waals surface area (Å²) in [7, 11) is 0. The van der Waals surface area contributed by atoms with Gasteiger partial charge in [0.05, 0.1) is 6.61 Å². The lowest BCUT2D eigenvalue weighted by Gasteiger charge is -2.12. The van der Waals surface area contributed by atoms with E-state index in [1.165, 1.54) is 0 Å². The molecule has 0 spiro atoms. The standard InChI is InChI=1S/C23H20F3NO2/c24-23(25,26)16-29-15-18-10-12-19(13-11-18)22(28)27-21-9-5-4-8-20(21)14-17-6-2-1-3-7-17/h1-13H,14-16H2,(H,27,28). The molecule has 0 unspecified atom stereocenters. The van der Waals surface area contributed by atoms with Gasteiger partial charge in [-0.15, -0.1) is 0 Å². The third-order valence-corrected chi connectivity index (χ3v) is 4.25. The molecule has 1 amide bonds. The van der Waals surface area contributed by atoms with Gasteiger partial charge in [0.1, 0.15) is 6.61 Å². The number of halogens is 3. The molecule has 6 heteroatoms. The zero-order chi connectivity index (χ0) is 20.7. The first-order valence-electron chi connectivity index (χ1n) is 9.07. The first-order chi connectivity index (χ1) is 13.9. The van der Waals surface area contributed by atoms with Crippen LogP contribution < -0.4 is 5.32 Å². The molecule has 0 aliphatic rings. The van der Waals surface area contributed by atoms with E-state index in [4.69, 9.17) is 0 Å². The first kappa shape index (κ1) is 20.6. The van der Waals surface area contributed by atoms with E-state index in [9.17, 15) is 18.0 Å². The van der Waals surface area contributed by atoms with E-state index >= 15 is 0 Å². The Labute approximate surface area is 167 Å². The Morgan fingerprint density at radius 1 is 0.828 bits per heavy atom. The van der Waals surface area contributed by atoms with Crippen molar-refractivity contribution >= 4 is 11.6 Å². The van der Waals surface area contributed by atoms with Crippen molar-refractivity contribution in [1.82, 2.24) is 0 Å². The number of hydrogen-bond donors (Lipinski definition) is 1. The third-order valence-electron chi connectivity index (χ3n) is 4.25. The minimum Gasteiger partial charge on any atom is -0.367 e. The molecule has 0 heterocycles. The number of hydrogen-bond acceptors (Lipinski definition) is 2. The lowest BCUT2D eigenvalue weighted by molar-refractivity contribution is -0.176. The molecule has 150 valence electrons. The van der Waals surface area contributed by atoms with Gasteiger partial charge in [-0.05, 0) is 41.3 Å². The van der Waals surface area contributed by atoms with Crippen molar-refractivity contribution in [2.24, 2.45) is 0 Å². The molecule has 3 aromatic carbocycles. The molecule has 0 bridgehead atoms.